The minimum atomic E-state index is -2.53. The maximum Gasteiger partial charge on any atom is 0.269 e. The van der Waals surface area contributed by atoms with E-state index in [0.717, 1.165) is 13.0 Å². The van der Waals surface area contributed by atoms with Crippen LogP contribution >= 0.6 is 7.52 Å². The van der Waals surface area contributed by atoms with Gasteiger partial charge in [-0.3, -0.25) is 4.57 Å². The highest BCUT2D eigenvalue weighted by Crippen LogP contribution is 2.45. The number of rotatable bonds is 6. The zero-order chi connectivity index (χ0) is 9.61. The molecular formula is C8H18NO2P. The normalized spacial score (nSPS) is 16.0. The fraction of sp³-hybridized carbons (Fsp3) is 0.750. The Labute approximate surface area is 74.9 Å². The van der Waals surface area contributed by atoms with Crippen molar-refractivity contribution in [2.24, 2.45) is 0 Å². The molecule has 0 aliphatic rings. The maximum absolute atomic E-state index is 11.7. The monoisotopic (exact) mass is 191 g/mol. The SMILES string of the molecule is C=CCCN(C)P(C)(=O)OCC. The van der Waals surface area contributed by atoms with E-state index in [2.05, 4.69) is 6.58 Å². The summed E-state index contributed by atoms with van der Waals surface area (Å²) in [6, 6.07) is 0. The Kier molecular flexibility index (Phi) is 5.47. The molecule has 0 saturated carbocycles. The largest absolute Gasteiger partial charge is 0.318 e. The molecule has 4 heteroatoms. The van der Waals surface area contributed by atoms with Crippen molar-refractivity contribution in [3.05, 3.63) is 12.7 Å². The summed E-state index contributed by atoms with van der Waals surface area (Å²) < 4.78 is 18.6. The van der Waals surface area contributed by atoms with Crippen molar-refractivity contribution in [1.82, 2.24) is 4.67 Å². The van der Waals surface area contributed by atoms with Crippen LogP contribution in [-0.4, -0.2) is 31.5 Å². The quantitative estimate of drug-likeness (QED) is 0.476. The van der Waals surface area contributed by atoms with Gasteiger partial charge < -0.3 is 4.52 Å². The second-order valence-electron chi connectivity index (χ2n) is 2.68. The first-order valence-electron chi connectivity index (χ1n) is 4.09. The topological polar surface area (TPSA) is 29.5 Å². The van der Waals surface area contributed by atoms with Gasteiger partial charge in [-0.15, -0.1) is 6.58 Å². The van der Waals surface area contributed by atoms with Crippen LogP contribution < -0.4 is 0 Å². The highest BCUT2D eigenvalue weighted by atomic mass is 31.2. The molecule has 0 aliphatic heterocycles. The van der Waals surface area contributed by atoms with Crippen LogP contribution in [0.25, 0.3) is 0 Å². The Morgan fingerprint density at radius 1 is 1.67 bits per heavy atom. The summed E-state index contributed by atoms with van der Waals surface area (Å²) in [6.07, 6.45) is 2.64. The van der Waals surface area contributed by atoms with Crippen LogP contribution in [-0.2, 0) is 9.09 Å². The minimum absolute atomic E-state index is 0.492. The second-order valence-corrected chi connectivity index (χ2v) is 5.23. The van der Waals surface area contributed by atoms with Gasteiger partial charge in [-0.05, 0) is 20.4 Å². The lowest BCUT2D eigenvalue weighted by Crippen LogP contribution is -2.16. The van der Waals surface area contributed by atoms with Gasteiger partial charge in [-0.1, -0.05) is 6.08 Å². The number of hydrogen-bond acceptors (Lipinski definition) is 2. The molecule has 0 bridgehead atoms. The maximum atomic E-state index is 11.7. The highest BCUT2D eigenvalue weighted by molar-refractivity contribution is 7.55. The molecule has 1 atom stereocenters. The van der Waals surface area contributed by atoms with Crippen molar-refractivity contribution in [1.29, 1.82) is 0 Å². The summed E-state index contributed by atoms with van der Waals surface area (Å²) in [5.74, 6) is 0. The minimum Gasteiger partial charge on any atom is -0.318 e. The summed E-state index contributed by atoms with van der Waals surface area (Å²) >= 11 is 0. The molecule has 3 nitrogen and oxygen atoms in total. The van der Waals surface area contributed by atoms with Crippen LogP contribution in [0.3, 0.4) is 0 Å². The first-order valence-corrected chi connectivity index (χ1v) is 6.11. The fourth-order valence-corrected chi connectivity index (χ4v) is 1.95. The summed E-state index contributed by atoms with van der Waals surface area (Å²) in [5, 5.41) is 0. The molecular weight excluding hydrogens is 173 g/mol. The molecule has 0 radical (unpaired) electrons. The molecule has 1 unspecified atom stereocenters. The van der Waals surface area contributed by atoms with Gasteiger partial charge in [0.1, 0.15) is 0 Å². The number of hydrogen-bond donors (Lipinski definition) is 0. The van der Waals surface area contributed by atoms with E-state index in [1.165, 1.54) is 0 Å². The lowest BCUT2D eigenvalue weighted by atomic mass is 10.4. The van der Waals surface area contributed by atoms with E-state index in [4.69, 9.17) is 4.52 Å². The van der Waals surface area contributed by atoms with Gasteiger partial charge >= 0.3 is 0 Å². The molecule has 0 rings (SSSR count). The van der Waals surface area contributed by atoms with Crippen molar-refractivity contribution in [2.45, 2.75) is 13.3 Å². The average Bonchev–Trinajstić information content (AvgIpc) is 2.00. The molecule has 0 heterocycles. The van der Waals surface area contributed by atoms with E-state index in [1.807, 2.05) is 13.0 Å². The van der Waals surface area contributed by atoms with Crippen molar-refractivity contribution < 1.29 is 9.09 Å². The van der Waals surface area contributed by atoms with E-state index in [-0.39, 0.29) is 0 Å². The Morgan fingerprint density at radius 2 is 2.25 bits per heavy atom. The van der Waals surface area contributed by atoms with Crippen LogP contribution in [0.2, 0.25) is 0 Å². The van der Waals surface area contributed by atoms with Crippen LogP contribution in [0.1, 0.15) is 13.3 Å². The second kappa shape index (κ2) is 5.52. The molecule has 0 saturated heterocycles. The fourth-order valence-electron chi connectivity index (χ4n) is 0.798. The molecule has 72 valence electrons. The Balaban J connectivity index is 3.96. The van der Waals surface area contributed by atoms with Gasteiger partial charge in [0, 0.05) is 13.2 Å². The zero-order valence-corrected chi connectivity index (χ0v) is 9.01. The van der Waals surface area contributed by atoms with E-state index in [0.29, 0.717) is 6.61 Å². The van der Waals surface area contributed by atoms with E-state index in [1.54, 1.807) is 18.4 Å². The van der Waals surface area contributed by atoms with Gasteiger partial charge in [0.25, 0.3) is 7.52 Å². The molecule has 0 aliphatic carbocycles. The van der Waals surface area contributed by atoms with Crippen molar-refractivity contribution in [3.8, 4) is 0 Å². The van der Waals surface area contributed by atoms with Gasteiger partial charge in [-0.25, -0.2) is 4.67 Å². The van der Waals surface area contributed by atoms with Crippen molar-refractivity contribution >= 4 is 7.52 Å². The molecule has 0 aromatic heterocycles. The molecule has 0 aromatic rings. The standard InChI is InChI=1S/C8H18NO2P/c1-5-7-8-9(3)12(4,10)11-6-2/h5H,1,6-8H2,2-4H3. The average molecular weight is 191 g/mol. The molecule has 0 amide bonds. The Hall–Kier alpha value is -0.110. The predicted molar refractivity (Wildman–Crippen MR) is 52.6 cm³/mol. The zero-order valence-electron chi connectivity index (χ0n) is 8.12. The summed E-state index contributed by atoms with van der Waals surface area (Å²) in [7, 11) is -0.722. The molecule has 12 heavy (non-hydrogen) atoms. The van der Waals surface area contributed by atoms with Crippen molar-refractivity contribution in [3.63, 3.8) is 0 Å². The lowest BCUT2D eigenvalue weighted by Gasteiger charge is -2.23. The molecule has 0 aromatic carbocycles. The van der Waals surface area contributed by atoms with E-state index >= 15 is 0 Å². The summed E-state index contributed by atoms with van der Waals surface area (Å²) in [4.78, 5) is 0. The van der Waals surface area contributed by atoms with E-state index < -0.39 is 7.52 Å². The molecule has 0 spiro atoms. The Bertz CT molecular complexity index is 182. The van der Waals surface area contributed by atoms with Gasteiger partial charge in [0.05, 0.1) is 6.61 Å². The van der Waals surface area contributed by atoms with Gasteiger partial charge in [0.15, 0.2) is 0 Å². The number of nitrogens with zero attached hydrogens (tertiary/aromatic N) is 1. The van der Waals surface area contributed by atoms with Crippen molar-refractivity contribution in [2.75, 3.05) is 26.9 Å². The van der Waals surface area contributed by atoms with Crippen LogP contribution in [0, 0.1) is 0 Å². The third-order valence-corrected chi connectivity index (χ3v) is 3.82. The van der Waals surface area contributed by atoms with Crippen LogP contribution in [0.4, 0.5) is 0 Å². The first-order chi connectivity index (χ1) is 5.54. The van der Waals surface area contributed by atoms with E-state index in [9.17, 15) is 4.57 Å². The smallest absolute Gasteiger partial charge is 0.269 e. The van der Waals surface area contributed by atoms with Gasteiger partial charge in [0.2, 0.25) is 0 Å². The predicted octanol–water partition coefficient (Wildman–Crippen LogP) is 2.35. The molecule has 0 N–H and O–H groups in total. The first kappa shape index (κ1) is 11.9. The van der Waals surface area contributed by atoms with Crippen LogP contribution in [0.15, 0.2) is 12.7 Å². The third-order valence-electron chi connectivity index (χ3n) is 1.65. The summed E-state index contributed by atoms with van der Waals surface area (Å²) in [5.41, 5.74) is 0. The molecule has 0 fully saturated rings. The van der Waals surface area contributed by atoms with Crippen LogP contribution in [0.5, 0.6) is 0 Å². The summed E-state index contributed by atoms with van der Waals surface area (Å²) in [6.45, 7) is 8.31. The highest BCUT2D eigenvalue weighted by Gasteiger charge is 2.20. The van der Waals surface area contributed by atoms with Gasteiger partial charge in [-0.2, -0.15) is 0 Å². The third kappa shape index (κ3) is 4.05. The lowest BCUT2D eigenvalue weighted by molar-refractivity contribution is 0.291. The Morgan fingerprint density at radius 3 is 2.67 bits per heavy atom.